The Bertz CT molecular complexity index is 311. The maximum absolute atomic E-state index is 12.0. The number of carboxylic acid groups (broad SMARTS) is 1. The fraction of sp³-hybridized carbons (Fsp3) is 0.882. The average molecular weight is 314 g/mol. The number of nitrogens with zero attached hydrogens (tertiary/aromatic N) is 1. The van der Waals surface area contributed by atoms with Crippen LogP contribution in [0.4, 0.5) is 0 Å². The number of carboxylic acids is 1. The smallest absolute Gasteiger partial charge is 0.326 e. The number of hydrogen-bond donors (Lipinski definition) is 2. The second-order valence-corrected chi connectivity index (χ2v) is 6.39. The summed E-state index contributed by atoms with van der Waals surface area (Å²) < 4.78 is 0. The first-order chi connectivity index (χ1) is 10.4. The summed E-state index contributed by atoms with van der Waals surface area (Å²) >= 11 is 0. The van der Waals surface area contributed by atoms with E-state index in [4.69, 9.17) is 5.11 Å². The Morgan fingerprint density at radius 2 is 1.59 bits per heavy atom. The molecule has 0 saturated carbocycles. The van der Waals surface area contributed by atoms with E-state index in [9.17, 15) is 9.59 Å². The second-order valence-electron chi connectivity index (χ2n) is 6.39. The molecule has 1 amide bonds. The molecule has 0 aromatic carbocycles. The van der Waals surface area contributed by atoms with Gasteiger partial charge in [-0.15, -0.1) is 0 Å². The summed E-state index contributed by atoms with van der Waals surface area (Å²) in [5.74, 6) is -0.867. The molecule has 1 atom stereocenters. The molecule has 22 heavy (non-hydrogen) atoms. The van der Waals surface area contributed by atoms with Crippen molar-refractivity contribution in [3.63, 3.8) is 0 Å². The molecule has 130 valence electrons. The number of carbonyl (C=O) groups is 2. The van der Waals surface area contributed by atoms with Crippen molar-refractivity contribution in [3.05, 3.63) is 0 Å². The summed E-state index contributed by atoms with van der Waals surface area (Å²) in [6.07, 6.45) is 5.40. The van der Waals surface area contributed by atoms with Crippen molar-refractivity contribution < 1.29 is 14.7 Å². The van der Waals surface area contributed by atoms with Crippen LogP contribution in [-0.2, 0) is 9.59 Å². The molecule has 0 heterocycles. The summed E-state index contributed by atoms with van der Waals surface area (Å²) in [6.45, 7) is 11.0. The van der Waals surface area contributed by atoms with Gasteiger partial charge in [-0.3, -0.25) is 4.79 Å². The molecule has 0 aromatic heterocycles. The SMILES string of the molecule is CCCCN(CCCC)CCC(=O)NC(CC(C)C)C(=O)O. The Hall–Kier alpha value is -1.10. The van der Waals surface area contributed by atoms with Gasteiger partial charge in [0.2, 0.25) is 5.91 Å². The van der Waals surface area contributed by atoms with Crippen molar-refractivity contribution in [3.8, 4) is 0 Å². The molecule has 0 rings (SSSR count). The Morgan fingerprint density at radius 1 is 1.05 bits per heavy atom. The van der Waals surface area contributed by atoms with Crippen LogP contribution >= 0.6 is 0 Å². The van der Waals surface area contributed by atoms with Crippen LogP contribution in [0.25, 0.3) is 0 Å². The lowest BCUT2D eigenvalue weighted by molar-refractivity contribution is -0.142. The van der Waals surface area contributed by atoms with Gasteiger partial charge in [-0.05, 0) is 38.3 Å². The maximum atomic E-state index is 12.0. The molecule has 5 nitrogen and oxygen atoms in total. The van der Waals surface area contributed by atoms with E-state index in [0.29, 0.717) is 19.4 Å². The molecular formula is C17H34N2O3. The first-order valence-corrected chi connectivity index (χ1v) is 8.65. The molecule has 0 bridgehead atoms. The minimum atomic E-state index is -0.948. The monoisotopic (exact) mass is 314 g/mol. The third kappa shape index (κ3) is 10.6. The summed E-state index contributed by atoms with van der Waals surface area (Å²) in [5.41, 5.74) is 0. The molecule has 1 unspecified atom stereocenters. The predicted octanol–water partition coefficient (Wildman–Crippen LogP) is 2.89. The molecule has 0 radical (unpaired) electrons. The number of unbranched alkanes of at least 4 members (excludes halogenated alkanes) is 2. The molecule has 0 aliphatic rings. The molecule has 0 spiro atoms. The fourth-order valence-corrected chi connectivity index (χ4v) is 2.32. The minimum Gasteiger partial charge on any atom is -0.480 e. The van der Waals surface area contributed by atoms with Crippen LogP contribution in [0.5, 0.6) is 0 Å². The highest BCUT2D eigenvalue weighted by molar-refractivity contribution is 5.83. The van der Waals surface area contributed by atoms with E-state index in [-0.39, 0.29) is 11.8 Å². The second kappa shape index (κ2) is 12.4. The van der Waals surface area contributed by atoms with Gasteiger partial charge < -0.3 is 15.3 Å². The van der Waals surface area contributed by atoms with E-state index in [1.165, 1.54) is 0 Å². The lowest BCUT2D eigenvalue weighted by Gasteiger charge is -2.22. The molecule has 0 fully saturated rings. The molecule has 0 aliphatic heterocycles. The third-order valence-electron chi connectivity index (χ3n) is 3.65. The highest BCUT2D eigenvalue weighted by Gasteiger charge is 2.21. The number of nitrogens with one attached hydrogen (secondary N) is 1. The highest BCUT2D eigenvalue weighted by atomic mass is 16.4. The Labute approximate surface area is 135 Å². The van der Waals surface area contributed by atoms with Crippen molar-refractivity contribution in [2.24, 2.45) is 5.92 Å². The van der Waals surface area contributed by atoms with Crippen LogP contribution in [0, 0.1) is 5.92 Å². The van der Waals surface area contributed by atoms with E-state index in [1.807, 2.05) is 13.8 Å². The fourth-order valence-electron chi connectivity index (χ4n) is 2.32. The minimum absolute atomic E-state index is 0.161. The summed E-state index contributed by atoms with van der Waals surface area (Å²) in [5, 5.41) is 11.8. The van der Waals surface area contributed by atoms with Crippen LogP contribution in [-0.4, -0.2) is 47.6 Å². The number of amides is 1. The van der Waals surface area contributed by atoms with E-state index in [0.717, 1.165) is 38.8 Å². The summed E-state index contributed by atoms with van der Waals surface area (Å²) in [6, 6.07) is -0.771. The van der Waals surface area contributed by atoms with Crippen LogP contribution in [0.15, 0.2) is 0 Å². The van der Waals surface area contributed by atoms with Gasteiger partial charge in [0.25, 0.3) is 0 Å². The topological polar surface area (TPSA) is 69.6 Å². The van der Waals surface area contributed by atoms with Crippen LogP contribution in [0.2, 0.25) is 0 Å². The quantitative estimate of drug-likeness (QED) is 0.548. The number of hydrogen-bond acceptors (Lipinski definition) is 3. The first-order valence-electron chi connectivity index (χ1n) is 8.65. The average Bonchev–Trinajstić information content (AvgIpc) is 2.45. The molecule has 5 heteroatoms. The predicted molar refractivity (Wildman–Crippen MR) is 89.9 cm³/mol. The number of aliphatic carboxylic acids is 1. The van der Waals surface area contributed by atoms with Crippen LogP contribution in [0.3, 0.4) is 0 Å². The standard InChI is InChI=1S/C17H34N2O3/c1-5-7-10-19(11-8-6-2)12-9-16(20)18-15(17(21)22)13-14(3)4/h14-15H,5-13H2,1-4H3,(H,18,20)(H,21,22). The van der Waals surface area contributed by atoms with E-state index in [2.05, 4.69) is 24.1 Å². The zero-order valence-electron chi connectivity index (χ0n) is 14.7. The molecule has 2 N–H and O–H groups in total. The normalized spacial score (nSPS) is 12.6. The van der Waals surface area contributed by atoms with Gasteiger partial charge in [-0.2, -0.15) is 0 Å². The van der Waals surface area contributed by atoms with Gasteiger partial charge in [0.15, 0.2) is 0 Å². The van der Waals surface area contributed by atoms with Crippen LogP contribution in [0.1, 0.15) is 66.2 Å². The van der Waals surface area contributed by atoms with Gasteiger partial charge in [-0.25, -0.2) is 4.79 Å². The molecular weight excluding hydrogens is 280 g/mol. The van der Waals surface area contributed by atoms with Gasteiger partial charge in [0, 0.05) is 13.0 Å². The first kappa shape index (κ1) is 20.9. The Kier molecular flexibility index (Phi) is 11.8. The van der Waals surface area contributed by atoms with Crippen molar-refractivity contribution in [1.82, 2.24) is 10.2 Å². The van der Waals surface area contributed by atoms with Gasteiger partial charge >= 0.3 is 5.97 Å². The molecule has 0 aromatic rings. The third-order valence-corrected chi connectivity index (χ3v) is 3.65. The van der Waals surface area contributed by atoms with Gasteiger partial charge in [-0.1, -0.05) is 40.5 Å². The van der Waals surface area contributed by atoms with E-state index in [1.54, 1.807) is 0 Å². The highest BCUT2D eigenvalue weighted by Crippen LogP contribution is 2.06. The zero-order chi connectivity index (χ0) is 17.0. The van der Waals surface area contributed by atoms with E-state index >= 15 is 0 Å². The largest absolute Gasteiger partial charge is 0.480 e. The summed E-state index contributed by atoms with van der Waals surface area (Å²) in [4.78, 5) is 25.5. The van der Waals surface area contributed by atoms with Crippen molar-refractivity contribution in [1.29, 1.82) is 0 Å². The van der Waals surface area contributed by atoms with Crippen molar-refractivity contribution in [2.75, 3.05) is 19.6 Å². The molecule has 0 saturated heterocycles. The lowest BCUT2D eigenvalue weighted by Crippen LogP contribution is -2.42. The lowest BCUT2D eigenvalue weighted by atomic mass is 10.0. The maximum Gasteiger partial charge on any atom is 0.326 e. The number of carbonyl (C=O) groups excluding carboxylic acids is 1. The Balaban J connectivity index is 4.26. The van der Waals surface area contributed by atoms with Crippen molar-refractivity contribution >= 4 is 11.9 Å². The van der Waals surface area contributed by atoms with Gasteiger partial charge in [0.05, 0.1) is 0 Å². The molecule has 0 aliphatic carbocycles. The van der Waals surface area contributed by atoms with Crippen LogP contribution < -0.4 is 5.32 Å². The Morgan fingerprint density at radius 3 is 2.00 bits per heavy atom. The number of rotatable bonds is 13. The van der Waals surface area contributed by atoms with E-state index < -0.39 is 12.0 Å². The van der Waals surface area contributed by atoms with Gasteiger partial charge in [0.1, 0.15) is 6.04 Å². The summed E-state index contributed by atoms with van der Waals surface area (Å²) in [7, 11) is 0. The zero-order valence-corrected chi connectivity index (χ0v) is 14.7. The van der Waals surface area contributed by atoms with Crippen molar-refractivity contribution in [2.45, 2.75) is 72.3 Å².